The lowest BCUT2D eigenvalue weighted by molar-refractivity contribution is 0.271. The molecule has 0 aromatic heterocycles. The summed E-state index contributed by atoms with van der Waals surface area (Å²) < 4.78 is 28.6. The standard InChI is InChI=1S/C20H35N3O3S/c1-8-21-19(22-14-20(5,6)27(7,24)25)23-16(4)17-9-11-18(12-10-17)26-13-15(2)3/h9-12,15-16H,8,13-14H2,1-7H3,(H2,21,22,23). The lowest BCUT2D eigenvalue weighted by atomic mass is 10.1. The van der Waals surface area contributed by atoms with Crippen molar-refractivity contribution in [2.24, 2.45) is 10.9 Å². The molecule has 0 spiro atoms. The minimum absolute atomic E-state index is 0.0169. The Kier molecular flexibility index (Phi) is 8.59. The molecule has 1 aromatic rings. The number of nitrogens with one attached hydrogen (secondary N) is 2. The Hall–Kier alpha value is -1.76. The first kappa shape index (κ1) is 23.3. The highest BCUT2D eigenvalue weighted by atomic mass is 32.2. The molecule has 0 amide bonds. The van der Waals surface area contributed by atoms with Gasteiger partial charge in [0.1, 0.15) is 5.75 Å². The van der Waals surface area contributed by atoms with Crippen LogP contribution in [0, 0.1) is 5.92 Å². The molecule has 1 rings (SSSR count). The molecule has 1 unspecified atom stereocenters. The second kappa shape index (κ2) is 9.97. The summed E-state index contributed by atoms with van der Waals surface area (Å²) in [5.41, 5.74) is 1.10. The van der Waals surface area contributed by atoms with E-state index in [1.54, 1.807) is 13.8 Å². The monoisotopic (exact) mass is 397 g/mol. The van der Waals surface area contributed by atoms with Crippen molar-refractivity contribution in [1.82, 2.24) is 10.6 Å². The number of hydrogen-bond acceptors (Lipinski definition) is 4. The van der Waals surface area contributed by atoms with E-state index in [0.29, 0.717) is 25.0 Å². The molecule has 0 heterocycles. The van der Waals surface area contributed by atoms with Gasteiger partial charge >= 0.3 is 0 Å². The van der Waals surface area contributed by atoms with Crippen molar-refractivity contribution in [3.05, 3.63) is 29.8 Å². The molecular formula is C20H35N3O3S. The number of nitrogens with zero attached hydrogens (tertiary/aromatic N) is 1. The molecule has 27 heavy (non-hydrogen) atoms. The third-order valence-electron chi connectivity index (χ3n) is 4.28. The van der Waals surface area contributed by atoms with Crippen molar-refractivity contribution in [2.45, 2.75) is 52.3 Å². The topological polar surface area (TPSA) is 79.8 Å². The second-order valence-corrected chi connectivity index (χ2v) is 10.5. The number of aliphatic imine (C=N–C) groups is 1. The van der Waals surface area contributed by atoms with Gasteiger partial charge in [-0.15, -0.1) is 0 Å². The maximum Gasteiger partial charge on any atom is 0.191 e. The molecular weight excluding hydrogens is 362 g/mol. The molecule has 0 bridgehead atoms. The largest absolute Gasteiger partial charge is 0.493 e. The van der Waals surface area contributed by atoms with Crippen LogP contribution in [0.5, 0.6) is 5.75 Å². The highest BCUT2D eigenvalue weighted by molar-refractivity contribution is 7.92. The molecule has 0 saturated carbocycles. The van der Waals surface area contributed by atoms with Crippen LogP contribution in [-0.2, 0) is 9.84 Å². The van der Waals surface area contributed by atoms with E-state index in [2.05, 4.69) is 29.5 Å². The van der Waals surface area contributed by atoms with E-state index >= 15 is 0 Å². The lowest BCUT2D eigenvalue weighted by Crippen LogP contribution is -2.41. The van der Waals surface area contributed by atoms with Crippen molar-refractivity contribution < 1.29 is 13.2 Å². The van der Waals surface area contributed by atoms with Gasteiger partial charge in [-0.2, -0.15) is 0 Å². The zero-order valence-corrected chi connectivity index (χ0v) is 18.5. The summed E-state index contributed by atoms with van der Waals surface area (Å²) in [6.45, 7) is 13.2. The van der Waals surface area contributed by atoms with Crippen LogP contribution in [0.1, 0.15) is 53.1 Å². The molecule has 2 N–H and O–H groups in total. The first-order valence-corrected chi connectivity index (χ1v) is 11.3. The van der Waals surface area contributed by atoms with Crippen LogP contribution < -0.4 is 15.4 Å². The maximum atomic E-state index is 11.9. The first-order valence-electron chi connectivity index (χ1n) is 9.43. The normalized spacial score (nSPS) is 14.1. The zero-order chi connectivity index (χ0) is 20.7. The first-order chi connectivity index (χ1) is 12.5. The quantitative estimate of drug-likeness (QED) is 0.494. The number of sulfone groups is 1. The molecule has 7 heteroatoms. The van der Waals surface area contributed by atoms with Crippen LogP contribution in [0.4, 0.5) is 0 Å². The van der Waals surface area contributed by atoms with E-state index in [1.165, 1.54) is 6.26 Å². The van der Waals surface area contributed by atoms with Gasteiger partial charge in [-0.05, 0) is 51.3 Å². The number of guanidine groups is 1. The molecule has 154 valence electrons. The third kappa shape index (κ3) is 7.79. The van der Waals surface area contributed by atoms with Crippen LogP contribution in [0.3, 0.4) is 0 Å². The summed E-state index contributed by atoms with van der Waals surface area (Å²) in [4.78, 5) is 4.47. The third-order valence-corrected chi connectivity index (χ3v) is 6.42. The van der Waals surface area contributed by atoms with E-state index in [9.17, 15) is 8.42 Å². The van der Waals surface area contributed by atoms with Gasteiger partial charge in [0.15, 0.2) is 15.8 Å². The fourth-order valence-corrected chi connectivity index (χ4v) is 2.41. The van der Waals surface area contributed by atoms with Crippen molar-refractivity contribution in [3.8, 4) is 5.75 Å². The van der Waals surface area contributed by atoms with Crippen molar-refractivity contribution in [1.29, 1.82) is 0 Å². The number of ether oxygens (including phenoxy) is 1. The second-order valence-electron chi connectivity index (χ2n) is 7.87. The Bertz CT molecular complexity index is 710. The molecule has 0 radical (unpaired) electrons. The van der Waals surface area contributed by atoms with E-state index in [-0.39, 0.29) is 12.6 Å². The molecule has 0 fully saturated rings. The van der Waals surface area contributed by atoms with Crippen molar-refractivity contribution >= 4 is 15.8 Å². The number of rotatable bonds is 9. The SMILES string of the molecule is CCNC(=NCC(C)(C)S(C)(=O)=O)NC(C)c1ccc(OCC(C)C)cc1. The minimum Gasteiger partial charge on any atom is -0.493 e. The van der Waals surface area contributed by atoms with Gasteiger partial charge in [-0.25, -0.2) is 8.42 Å². The van der Waals surface area contributed by atoms with Gasteiger partial charge in [0.25, 0.3) is 0 Å². The number of benzene rings is 1. The van der Waals surface area contributed by atoms with Gasteiger partial charge < -0.3 is 15.4 Å². The molecule has 6 nitrogen and oxygen atoms in total. The fraction of sp³-hybridized carbons (Fsp3) is 0.650. The predicted octanol–water partition coefficient (Wildman–Crippen LogP) is 3.16. The van der Waals surface area contributed by atoms with Crippen LogP contribution in [0.25, 0.3) is 0 Å². The zero-order valence-electron chi connectivity index (χ0n) is 17.7. The summed E-state index contributed by atoms with van der Waals surface area (Å²) in [6.07, 6.45) is 1.24. The summed E-state index contributed by atoms with van der Waals surface area (Å²) >= 11 is 0. The van der Waals surface area contributed by atoms with Crippen LogP contribution in [-0.4, -0.2) is 45.1 Å². The minimum atomic E-state index is -3.19. The molecule has 0 aliphatic rings. The Labute approximate surface area is 164 Å². The lowest BCUT2D eigenvalue weighted by Gasteiger charge is -2.22. The molecule has 1 atom stereocenters. The maximum absolute atomic E-state index is 11.9. The average molecular weight is 398 g/mol. The summed E-state index contributed by atoms with van der Waals surface area (Å²) in [5, 5.41) is 6.50. The molecule has 0 aliphatic carbocycles. The highest BCUT2D eigenvalue weighted by Gasteiger charge is 2.30. The van der Waals surface area contributed by atoms with Gasteiger partial charge in [-0.1, -0.05) is 26.0 Å². The van der Waals surface area contributed by atoms with Crippen LogP contribution in [0.2, 0.25) is 0 Å². The van der Waals surface area contributed by atoms with Gasteiger partial charge in [-0.3, -0.25) is 4.99 Å². The fourth-order valence-electron chi connectivity index (χ4n) is 2.11. The van der Waals surface area contributed by atoms with Crippen molar-refractivity contribution in [3.63, 3.8) is 0 Å². The molecule has 0 saturated heterocycles. The van der Waals surface area contributed by atoms with E-state index in [0.717, 1.165) is 11.3 Å². The smallest absolute Gasteiger partial charge is 0.191 e. The van der Waals surface area contributed by atoms with Gasteiger partial charge in [0.05, 0.1) is 23.9 Å². The van der Waals surface area contributed by atoms with Gasteiger partial charge in [0.2, 0.25) is 0 Å². The molecule has 0 aliphatic heterocycles. The highest BCUT2D eigenvalue weighted by Crippen LogP contribution is 2.19. The average Bonchev–Trinajstić information content (AvgIpc) is 2.57. The predicted molar refractivity (Wildman–Crippen MR) is 113 cm³/mol. The van der Waals surface area contributed by atoms with Crippen molar-refractivity contribution in [2.75, 3.05) is 26.0 Å². The van der Waals surface area contributed by atoms with E-state index < -0.39 is 14.6 Å². The van der Waals surface area contributed by atoms with Crippen LogP contribution >= 0.6 is 0 Å². The summed E-state index contributed by atoms with van der Waals surface area (Å²) in [6, 6.07) is 8.00. The Morgan fingerprint density at radius 1 is 1.19 bits per heavy atom. The molecule has 1 aromatic carbocycles. The number of hydrogen-bond donors (Lipinski definition) is 2. The van der Waals surface area contributed by atoms with Crippen LogP contribution in [0.15, 0.2) is 29.3 Å². The van der Waals surface area contributed by atoms with E-state index in [4.69, 9.17) is 4.74 Å². The summed E-state index contributed by atoms with van der Waals surface area (Å²) in [5.74, 6) is 1.94. The van der Waals surface area contributed by atoms with Gasteiger partial charge in [0, 0.05) is 12.8 Å². The Balaban J connectivity index is 2.80. The Morgan fingerprint density at radius 2 is 1.78 bits per heavy atom. The van der Waals surface area contributed by atoms with E-state index in [1.807, 2.05) is 38.1 Å². The summed E-state index contributed by atoms with van der Waals surface area (Å²) in [7, 11) is -3.19. The Morgan fingerprint density at radius 3 is 2.26 bits per heavy atom.